The number of hydrogen-bond acceptors (Lipinski definition) is 5. The molecule has 0 aromatic carbocycles. The van der Waals surface area contributed by atoms with Crippen molar-refractivity contribution in [3.63, 3.8) is 0 Å². The van der Waals surface area contributed by atoms with E-state index in [0.29, 0.717) is 24.3 Å². The highest BCUT2D eigenvalue weighted by Gasteiger charge is 2.33. The summed E-state index contributed by atoms with van der Waals surface area (Å²) in [6.45, 7) is 3.29. The van der Waals surface area contributed by atoms with Crippen molar-refractivity contribution in [2.45, 2.75) is 25.5 Å². The van der Waals surface area contributed by atoms with Gasteiger partial charge in [0, 0.05) is 24.8 Å². The number of nitrogens with two attached hydrogens (primary N) is 1. The Morgan fingerprint density at radius 2 is 2.25 bits per heavy atom. The maximum atomic E-state index is 9.97. The Labute approximate surface area is 119 Å². The number of aromatic nitrogens is 1. The number of aliphatic hydroxyl groups is 1. The Hall–Kier alpha value is -1.66. The highest BCUT2D eigenvalue weighted by Crippen LogP contribution is 2.27. The molecule has 0 radical (unpaired) electrons. The number of likely N-dealkylation sites (N-methyl/N-ethyl adjacent to an activating group) is 1. The van der Waals surface area contributed by atoms with E-state index in [1.807, 2.05) is 33.2 Å². The quantitative estimate of drug-likeness (QED) is 0.539. The van der Waals surface area contributed by atoms with Crippen LogP contribution < -0.4 is 10.6 Å². The second-order valence-electron chi connectivity index (χ2n) is 5.70. The first-order chi connectivity index (χ1) is 9.38. The monoisotopic (exact) mass is 277 g/mol. The summed E-state index contributed by atoms with van der Waals surface area (Å²) in [6.07, 6.45) is 0.354. The lowest BCUT2D eigenvalue weighted by atomic mass is 10.1. The van der Waals surface area contributed by atoms with Crippen LogP contribution in [0.2, 0.25) is 0 Å². The summed E-state index contributed by atoms with van der Waals surface area (Å²) >= 11 is 0. The van der Waals surface area contributed by atoms with Crippen molar-refractivity contribution in [3.05, 3.63) is 23.4 Å². The van der Waals surface area contributed by atoms with E-state index in [1.54, 1.807) is 0 Å². The van der Waals surface area contributed by atoms with E-state index in [-0.39, 0.29) is 18.0 Å². The standard InChI is InChI=1S/C14H23N5O/c1-9-4-5-12(13(15)16)14(17-9)19-8-11(20)6-10(19)7-18(2)3/h4-5,10-11,20H,6-8H2,1-3H3,(H3,15,16). The van der Waals surface area contributed by atoms with Crippen LogP contribution in [0.4, 0.5) is 5.82 Å². The van der Waals surface area contributed by atoms with Crippen molar-refractivity contribution < 1.29 is 5.11 Å². The average Bonchev–Trinajstić information content (AvgIpc) is 2.68. The normalized spacial score (nSPS) is 22.6. The van der Waals surface area contributed by atoms with E-state index >= 15 is 0 Å². The second-order valence-corrected chi connectivity index (χ2v) is 5.70. The topological polar surface area (TPSA) is 89.5 Å². The van der Waals surface area contributed by atoms with Gasteiger partial charge in [0.05, 0.1) is 11.7 Å². The molecule has 2 rings (SSSR count). The predicted octanol–water partition coefficient (Wildman–Crippen LogP) is 0.175. The lowest BCUT2D eigenvalue weighted by molar-refractivity contribution is 0.191. The van der Waals surface area contributed by atoms with E-state index in [1.165, 1.54) is 0 Å². The van der Waals surface area contributed by atoms with E-state index in [4.69, 9.17) is 11.1 Å². The van der Waals surface area contributed by atoms with Crippen LogP contribution in [-0.2, 0) is 0 Å². The minimum Gasteiger partial charge on any atom is -0.391 e. The molecule has 2 atom stereocenters. The third kappa shape index (κ3) is 3.08. The summed E-state index contributed by atoms with van der Waals surface area (Å²) in [5.41, 5.74) is 7.17. The Balaban J connectivity index is 2.37. The number of pyridine rings is 1. The minimum atomic E-state index is -0.359. The van der Waals surface area contributed by atoms with E-state index in [0.717, 1.165) is 12.2 Å². The molecular formula is C14H23N5O. The fourth-order valence-electron chi connectivity index (χ4n) is 2.72. The van der Waals surface area contributed by atoms with Gasteiger partial charge in [-0.2, -0.15) is 0 Å². The molecule has 1 aromatic heterocycles. The molecule has 0 saturated carbocycles. The maximum Gasteiger partial charge on any atom is 0.140 e. The zero-order valence-electron chi connectivity index (χ0n) is 12.3. The molecule has 1 saturated heterocycles. The minimum absolute atomic E-state index is 0.0116. The van der Waals surface area contributed by atoms with Gasteiger partial charge in [0.15, 0.2) is 0 Å². The second kappa shape index (κ2) is 5.76. The molecule has 20 heavy (non-hydrogen) atoms. The fourth-order valence-corrected chi connectivity index (χ4v) is 2.72. The number of aryl methyl sites for hydroxylation is 1. The Kier molecular flexibility index (Phi) is 4.25. The van der Waals surface area contributed by atoms with Gasteiger partial charge in [-0.1, -0.05) is 0 Å². The van der Waals surface area contributed by atoms with Crippen LogP contribution in [0.3, 0.4) is 0 Å². The zero-order valence-corrected chi connectivity index (χ0v) is 12.3. The van der Waals surface area contributed by atoms with Crippen LogP contribution >= 0.6 is 0 Å². The molecule has 2 heterocycles. The summed E-state index contributed by atoms with van der Waals surface area (Å²) in [5, 5.41) is 17.7. The Morgan fingerprint density at radius 1 is 1.55 bits per heavy atom. The first-order valence-electron chi connectivity index (χ1n) is 6.80. The van der Waals surface area contributed by atoms with Crippen LogP contribution in [0.15, 0.2) is 12.1 Å². The molecule has 1 aliphatic heterocycles. The highest BCUT2D eigenvalue weighted by molar-refractivity contribution is 5.99. The van der Waals surface area contributed by atoms with E-state index < -0.39 is 0 Å². The molecule has 0 spiro atoms. The van der Waals surface area contributed by atoms with Gasteiger partial charge in [-0.3, -0.25) is 5.41 Å². The molecular weight excluding hydrogens is 254 g/mol. The Bertz CT molecular complexity index is 502. The highest BCUT2D eigenvalue weighted by atomic mass is 16.3. The molecule has 2 unspecified atom stereocenters. The van der Waals surface area contributed by atoms with Crippen LogP contribution in [0.25, 0.3) is 0 Å². The van der Waals surface area contributed by atoms with Crippen LogP contribution in [0.1, 0.15) is 17.7 Å². The summed E-state index contributed by atoms with van der Waals surface area (Å²) in [5.74, 6) is 0.721. The van der Waals surface area contributed by atoms with Crippen molar-refractivity contribution in [3.8, 4) is 0 Å². The van der Waals surface area contributed by atoms with Crippen molar-refractivity contribution in [2.24, 2.45) is 5.73 Å². The zero-order chi connectivity index (χ0) is 14.9. The lowest BCUT2D eigenvalue weighted by Gasteiger charge is -2.29. The summed E-state index contributed by atoms with van der Waals surface area (Å²) in [4.78, 5) is 8.72. The number of anilines is 1. The SMILES string of the molecule is Cc1ccc(C(=N)N)c(N2CC(O)CC2CN(C)C)n1. The van der Waals surface area contributed by atoms with Gasteiger partial charge in [-0.15, -0.1) is 0 Å². The number of β-amino-alcohol motifs (C(OH)–C–C–N with tert-alkyl or cyclic N) is 1. The van der Waals surface area contributed by atoms with Crippen molar-refractivity contribution in [2.75, 3.05) is 32.1 Å². The molecule has 6 heteroatoms. The van der Waals surface area contributed by atoms with Crippen LogP contribution in [0.5, 0.6) is 0 Å². The first-order valence-corrected chi connectivity index (χ1v) is 6.80. The van der Waals surface area contributed by atoms with Crippen molar-refractivity contribution in [1.29, 1.82) is 5.41 Å². The van der Waals surface area contributed by atoms with E-state index in [2.05, 4.69) is 14.8 Å². The Morgan fingerprint density at radius 3 is 2.85 bits per heavy atom. The molecule has 110 valence electrons. The number of amidine groups is 1. The summed E-state index contributed by atoms with van der Waals surface area (Å²) in [6, 6.07) is 3.87. The van der Waals surface area contributed by atoms with Crippen molar-refractivity contribution in [1.82, 2.24) is 9.88 Å². The van der Waals surface area contributed by atoms with Gasteiger partial charge < -0.3 is 20.6 Å². The van der Waals surface area contributed by atoms with Gasteiger partial charge in [0.1, 0.15) is 11.7 Å². The van der Waals surface area contributed by atoms with E-state index in [9.17, 15) is 5.11 Å². The number of rotatable bonds is 4. The molecule has 1 fully saturated rings. The summed E-state index contributed by atoms with van der Waals surface area (Å²) < 4.78 is 0. The van der Waals surface area contributed by atoms with Gasteiger partial charge >= 0.3 is 0 Å². The molecule has 1 aromatic rings. The van der Waals surface area contributed by atoms with Crippen LogP contribution in [-0.4, -0.2) is 60.2 Å². The number of nitrogens with one attached hydrogen (secondary N) is 1. The molecule has 0 bridgehead atoms. The first kappa shape index (κ1) is 14.7. The smallest absolute Gasteiger partial charge is 0.140 e. The predicted molar refractivity (Wildman–Crippen MR) is 80.3 cm³/mol. The summed E-state index contributed by atoms with van der Waals surface area (Å²) in [7, 11) is 4.02. The number of nitrogens with zero attached hydrogens (tertiary/aromatic N) is 3. The van der Waals surface area contributed by atoms with Crippen molar-refractivity contribution >= 4 is 11.7 Å². The molecule has 4 N–H and O–H groups in total. The lowest BCUT2D eigenvalue weighted by Crippen LogP contribution is -2.39. The van der Waals surface area contributed by atoms with Gasteiger partial charge in [0.2, 0.25) is 0 Å². The van der Waals surface area contributed by atoms with Gasteiger partial charge in [-0.25, -0.2) is 4.98 Å². The number of nitrogen functional groups attached to an aromatic ring is 1. The average molecular weight is 277 g/mol. The molecule has 6 nitrogen and oxygen atoms in total. The fraction of sp³-hybridized carbons (Fsp3) is 0.571. The van der Waals surface area contributed by atoms with Crippen LogP contribution in [0, 0.1) is 12.3 Å². The third-order valence-corrected chi connectivity index (χ3v) is 3.54. The van der Waals surface area contributed by atoms with Gasteiger partial charge in [-0.05, 0) is 39.6 Å². The largest absolute Gasteiger partial charge is 0.391 e. The third-order valence-electron chi connectivity index (χ3n) is 3.54. The number of hydrogen-bond donors (Lipinski definition) is 3. The molecule has 0 aliphatic carbocycles. The maximum absolute atomic E-state index is 9.97. The number of aliphatic hydroxyl groups excluding tert-OH is 1. The molecule has 1 aliphatic rings. The van der Waals surface area contributed by atoms with Gasteiger partial charge in [0.25, 0.3) is 0 Å². The molecule has 0 amide bonds.